The minimum absolute atomic E-state index is 0.102. The Balaban J connectivity index is 1.59. The average molecular weight is 362 g/mol. The molecule has 2 aromatic heterocycles. The van der Waals surface area contributed by atoms with E-state index >= 15 is 0 Å². The van der Waals surface area contributed by atoms with Crippen molar-refractivity contribution in [1.82, 2.24) is 14.8 Å². The first-order valence-corrected chi connectivity index (χ1v) is 7.89. The van der Waals surface area contributed by atoms with Gasteiger partial charge in [0, 0.05) is 17.3 Å². The van der Waals surface area contributed by atoms with Crippen LogP contribution in [0.15, 0.2) is 47.4 Å². The fourth-order valence-corrected chi connectivity index (χ4v) is 2.62. The first kappa shape index (κ1) is 16.4. The number of anilines is 1. The molecule has 9 heteroatoms. The lowest BCUT2D eigenvalue weighted by atomic mass is 10.2. The van der Waals surface area contributed by atoms with Crippen LogP contribution in [0, 0.1) is 0 Å². The van der Waals surface area contributed by atoms with Gasteiger partial charge in [0.2, 0.25) is 0 Å². The van der Waals surface area contributed by atoms with Gasteiger partial charge in [0.05, 0.1) is 5.69 Å². The van der Waals surface area contributed by atoms with Crippen molar-refractivity contribution in [2.24, 2.45) is 0 Å². The van der Waals surface area contributed by atoms with E-state index in [1.165, 1.54) is 10.9 Å². The SMILES string of the molecule is O=C(Nc1ccc(-n2nc(C(F)(F)F)cc2C2CC2)cc1)c1cocn1. The van der Waals surface area contributed by atoms with Crippen molar-refractivity contribution in [1.29, 1.82) is 0 Å². The van der Waals surface area contributed by atoms with Crippen molar-refractivity contribution in [2.45, 2.75) is 24.9 Å². The zero-order chi connectivity index (χ0) is 18.3. The van der Waals surface area contributed by atoms with Crippen LogP contribution in [0.4, 0.5) is 18.9 Å². The lowest BCUT2D eigenvalue weighted by Gasteiger charge is -2.08. The monoisotopic (exact) mass is 362 g/mol. The number of benzene rings is 1. The minimum atomic E-state index is -4.49. The third kappa shape index (κ3) is 3.19. The van der Waals surface area contributed by atoms with Gasteiger partial charge in [-0.3, -0.25) is 4.79 Å². The Hall–Kier alpha value is -3.10. The van der Waals surface area contributed by atoms with Crippen LogP contribution < -0.4 is 5.32 Å². The number of oxazole rings is 1. The molecule has 134 valence electrons. The molecule has 1 N–H and O–H groups in total. The van der Waals surface area contributed by atoms with E-state index in [1.54, 1.807) is 24.3 Å². The summed E-state index contributed by atoms with van der Waals surface area (Å²) in [5.41, 5.74) is 0.770. The molecule has 0 unspecified atom stereocenters. The van der Waals surface area contributed by atoms with Gasteiger partial charge in [0.25, 0.3) is 5.91 Å². The van der Waals surface area contributed by atoms with Gasteiger partial charge in [0.15, 0.2) is 17.8 Å². The summed E-state index contributed by atoms with van der Waals surface area (Å²) in [5, 5.41) is 6.36. The fraction of sp³-hybridized carbons (Fsp3) is 0.235. The number of nitrogens with one attached hydrogen (secondary N) is 1. The molecule has 0 atom stereocenters. The van der Waals surface area contributed by atoms with Crippen LogP contribution >= 0.6 is 0 Å². The minimum Gasteiger partial charge on any atom is -0.451 e. The van der Waals surface area contributed by atoms with E-state index in [9.17, 15) is 18.0 Å². The molecule has 3 aromatic rings. The first-order valence-electron chi connectivity index (χ1n) is 7.89. The average Bonchev–Trinajstić information content (AvgIpc) is 3.12. The number of amides is 1. The molecular formula is C17H13F3N4O2. The highest BCUT2D eigenvalue weighted by atomic mass is 19.4. The van der Waals surface area contributed by atoms with E-state index in [0.717, 1.165) is 25.3 Å². The Morgan fingerprint density at radius 3 is 2.54 bits per heavy atom. The first-order chi connectivity index (χ1) is 12.4. The third-order valence-electron chi connectivity index (χ3n) is 4.06. The zero-order valence-corrected chi connectivity index (χ0v) is 13.3. The molecular weight excluding hydrogens is 349 g/mol. The maximum Gasteiger partial charge on any atom is 0.435 e. The number of rotatable bonds is 4. The molecule has 6 nitrogen and oxygen atoms in total. The van der Waals surface area contributed by atoms with Crippen LogP contribution in [0.2, 0.25) is 0 Å². The van der Waals surface area contributed by atoms with Crippen LogP contribution in [0.1, 0.15) is 40.6 Å². The predicted octanol–water partition coefficient (Wildman–Crippen LogP) is 4.01. The van der Waals surface area contributed by atoms with Gasteiger partial charge < -0.3 is 9.73 Å². The number of hydrogen-bond acceptors (Lipinski definition) is 4. The number of alkyl halides is 3. The van der Waals surface area contributed by atoms with Gasteiger partial charge in [-0.05, 0) is 43.2 Å². The summed E-state index contributed by atoms with van der Waals surface area (Å²) in [5.74, 6) is -0.339. The van der Waals surface area contributed by atoms with Gasteiger partial charge in [-0.15, -0.1) is 0 Å². The second-order valence-corrected chi connectivity index (χ2v) is 6.01. The Bertz CT molecular complexity index is 926. The third-order valence-corrected chi connectivity index (χ3v) is 4.06. The quantitative estimate of drug-likeness (QED) is 0.761. The maximum atomic E-state index is 13.0. The summed E-state index contributed by atoms with van der Waals surface area (Å²) < 4.78 is 45.0. The molecule has 4 rings (SSSR count). The lowest BCUT2D eigenvalue weighted by Crippen LogP contribution is -2.12. The molecule has 0 aliphatic heterocycles. The van der Waals surface area contributed by atoms with Crippen LogP contribution in [0.3, 0.4) is 0 Å². The topological polar surface area (TPSA) is 73.0 Å². The van der Waals surface area contributed by atoms with Gasteiger partial charge in [-0.2, -0.15) is 18.3 Å². The second kappa shape index (κ2) is 6.01. The molecule has 1 aromatic carbocycles. The fourth-order valence-electron chi connectivity index (χ4n) is 2.62. The number of hydrogen-bond donors (Lipinski definition) is 1. The molecule has 26 heavy (non-hydrogen) atoms. The standard InChI is InChI=1S/C17H13F3N4O2/c18-17(19,20)15-7-14(10-1-2-10)24(23-15)12-5-3-11(4-6-12)22-16(25)13-8-26-9-21-13/h3-10H,1-2H2,(H,22,25). The van der Waals surface area contributed by atoms with Gasteiger partial charge in [0.1, 0.15) is 6.26 Å². The second-order valence-electron chi connectivity index (χ2n) is 6.01. The van der Waals surface area contributed by atoms with E-state index < -0.39 is 17.8 Å². The van der Waals surface area contributed by atoms with Crippen molar-refractivity contribution < 1.29 is 22.4 Å². The van der Waals surface area contributed by atoms with Gasteiger partial charge in [-0.25, -0.2) is 9.67 Å². The van der Waals surface area contributed by atoms with Crippen molar-refractivity contribution in [3.63, 3.8) is 0 Å². The summed E-state index contributed by atoms with van der Waals surface area (Å²) in [6, 6.07) is 7.52. The Kier molecular flexibility index (Phi) is 3.78. The zero-order valence-electron chi connectivity index (χ0n) is 13.3. The number of carbonyl (C=O) groups excluding carboxylic acids is 1. The molecule has 1 fully saturated rings. The highest BCUT2D eigenvalue weighted by molar-refractivity contribution is 6.02. The van der Waals surface area contributed by atoms with Crippen molar-refractivity contribution in [3.8, 4) is 5.69 Å². The van der Waals surface area contributed by atoms with E-state index in [2.05, 4.69) is 15.4 Å². The van der Waals surface area contributed by atoms with Gasteiger partial charge >= 0.3 is 6.18 Å². The summed E-state index contributed by atoms with van der Waals surface area (Å²) in [4.78, 5) is 15.7. The van der Waals surface area contributed by atoms with Crippen molar-refractivity contribution in [2.75, 3.05) is 5.32 Å². The van der Waals surface area contributed by atoms with Crippen LogP contribution in [-0.4, -0.2) is 20.7 Å². The maximum absolute atomic E-state index is 13.0. The van der Waals surface area contributed by atoms with E-state index in [-0.39, 0.29) is 11.6 Å². The van der Waals surface area contributed by atoms with Crippen molar-refractivity contribution in [3.05, 3.63) is 60.1 Å². The lowest BCUT2D eigenvalue weighted by molar-refractivity contribution is -0.141. The largest absolute Gasteiger partial charge is 0.451 e. The van der Waals surface area contributed by atoms with Crippen LogP contribution in [0.25, 0.3) is 5.69 Å². The highest BCUT2D eigenvalue weighted by Gasteiger charge is 2.38. The van der Waals surface area contributed by atoms with E-state index in [1.807, 2.05) is 0 Å². The predicted molar refractivity (Wildman–Crippen MR) is 85.0 cm³/mol. The molecule has 0 radical (unpaired) electrons. The number of aromatic nitrogens is 3. The smallest absolute Gasteiger partial charge is 0.435 e. The Labute approximate surface area is 145 Å². The van der Waals surface area contributed by atoms with E-state index in [0.29, 0.717) is 17.1 Å². The van der Waals surface area contributed by atoms with E-state index in [4.69, 9.17) is 4.42 Å². The Morgan fingerprint density at radius 2 is 1.96 bits per heavy atom. The Morgan fingerprint density at radius 1 is 1.23 bits per heavy atom. The number of halogens is 3. The van der Waals surface area contributed by atoms with Crippen LogP contribution in [0.5, 0.6) is 0 Å². The molecule has 0 spiro atoms. The molecule has 1 saturated carbocycles. The molecule has 1 aliphatic carbocycles. The molecule has 0 saturated heterocycles. The summed E-state index contributed by atoms with van der Waals surface area (Å²) in [7, 11) is 0. The summed E-state index contributed by atoms with van der Waals surface area (Å²) in [6.45, 7) is 0. The summed E-state index contributed by atoms with van der Waals surface area (Å²) in [6.07, 6.45) is -0.411. The van der Waals surface area contributed by atoms with Gasteiger partial charge in [-0.1, -0.05) is 0 Å². The number of carbonyl (C=O) groups is 1. The van der Waals surface area contributed by atoms with Crippen molar-refractivity contribution >= 4 is 11.6 Å². The molecule has 1 amide bonds. The molecule has 0 bridgehead atoms. The summed E-state index contributed by atoms with van der Waals surface area (Å²) >= 11 is 0. The molecule has 1 aliphatic rings. The molecule has 2 heterocycles. The normalized spacial score (nSPS) is 14.4. The number of nitrogens with zero attached hydrogens (tertiary/aromatic N) is 3. The van der Waals surface area contributed by atoms with Crippen LogP contribution in [-0.2, 0) is 6.18 Å². The highest BCUT2D eigenvalue weighted by Crippen LogP contribution is 2.42.